The van der Waals surface area contributed by atoms with Gasteiger partial charge in [0.05, 0.1) is 18.9 Å². The SMILES string of the molecule is CC(C)Cn1nc(C=O)c2c1COCC2. The maximum absolute atomic E-state index is 10.9. The quantitative estimate of drug-likeness (QED) is 0.706. The Morgan fingerprint density at radius 1 is 1.60 bits per heavy atom. The molecule has 0 N–H and O–H groups in total. The van der Waals surface area contributed by atoms with Crippen molar-refractivity contribution in [3.8, 4) is 0 Å². The average molecular weight is 208 g/mol. The number of fused-ring (bicyclic) bond motifs is 1. The summed E-state index contributed by atoms with van der Waals surface area (Å²) in [5.41, 5.74) is 2.75. The number of ether oxygens (including phenoxy) is 1. The van der Waals surface area contributed by atoms with Crippen LogP contribution < -0.4 is 0 Å². The van der Waals surface area contributed by atoms with E-state index < -0.39 is 0 Å². The predicted molar refractivity (Wildman–Crippen MR) is 55.8 cm³/mol. The smallest absolute Gasteiger partial charge is 0.170 e. The van der Waals surface area contributed by atoms with Crippen LogP contribution in [0.15, 0.2) is 0 Å². The third kappa shape index (κ3) is 1.95. The molecule has 0 bridgehead atoms. The minimum atomic E-state index is 0.524. The Morgan fingerprint density at radius 3 is 3.07 bits per heavy atom. The highest BCUT2D eigenvalue weighted by Gasteiger charge is 2.20. The molecule has 15 heavy (non-hydrogen) atoms. The topological polar surface area (TPSA) is 44.1 Å². The molecule has 4 nitrogen and oxygen atoms in total. The van der Waals surface area contributed by atoms with Crippen molar-refractivity contribution in [1.82, 2.24) is 9.78 Å². The second-order valence-electron chi connectivity index (χ2n) is 4.31. The molecule has 0 atom stereocenters. The van der Waals surface area contributed by atoms with E-state index in [1.807, 2.05) is 4.68 Å². The van der Waals surface area contributed by atoms with Gasteiger partial charge in [-0.15, -0.1) is 0 Å². The molecule has 0 spiro atoms. The molecule has 82 valence electrons. The minimum absolute atomic E-state index is 0.524. The van der Waals surface area contributed by atoms with Crippen LogP contribution in [0.1, 0.15) is 35.6 Å². The van der Waals surface area contributed by atoms with E-state index in [9.17, 15) is 4.79 Å². The molecule has 4 heteroatoms. The van der Waals surface area contributed by atoms with Gasteiger partial charge in [-0.05, 0) is 12.3 Å². The summed E-state index contributed by atoms with van der Waals surface area (Å²) in [6, 6.07) is 0. The fraction of sp³-hybridized carbons (Fsp3) is 0.636. The van der Waals surface area contributed by atoms with Gasteiger partial charge in [0.25, 0.3) is 0 Å². The first-order valence-corrected chi connectivity index (χ1v) is 5.34. The lowest BCUT2D eigenvalue weighted by Crippen LogP contribution is -2.15. The van der Waals surface area contributed by atoms with Crippen LogP contribution in [0.25, 0.3) is 0 Å². The van der Waals surface area contributed by atoms with Gasteiger partial charge < -0.3 is 4.74 Å². The van der Waals surface area contributed by atoms with Gasteiger partial charge in [0.15, 0.2) is 6.29 Å². The molecule has 0 aliphatic carbocycles. The first kappa shape index (κ1) is 10.4. The summed E-state index contributed by atoms with van der Waals surface area (Å²) in [7, 11) is 0. The molecule has 0 saturated carbocycles. The maximum atomic E-state index is 10.9. The standard InChI is InChI=1S/C11H16N2O2/c1-8(2)5-13-11-7-15-4-3-9(11)10(6-14)12-13/h6,8H,3-5,7H2,1-2H3. The summed E-state index contributed by atoms with van der Waals surface area (Å²) in [5.74, 6) is 0.524. The molecule has 2 heterocycles. The van der Waals surface area contributed by atoms with Crippen molar-refractivity contribution in [2.75, 3.05) is 6.61 Å². The zero-order valence-corrected chi connectivity index (χ0v) is 9.19. The number of carbonyl (C=O) groups excluding carboxylic acids is 1. The molecule has 1 aromatic heterocycles. The molecule has 0 aromatic carbocycles. The highest BCUT2D eigenvalue weighted by Crippen LogP contribution is 2.20. The summed E-state index contributed by atoms with van der Waals surface area (Å²) in [5, 5.41) is 4.32. The van der Waals surface area contributed by atoms with Gasteiger partial charge in [-0.3, -0.25) is 9.48 Å². The third-order valence-corrected chi connectivity index (χ3v) is 2.58. The van der Waals surface area contributed by atoms with E-state index >= 15 is 0 Å². The van der Waals surface area contributed by atoms with Gasteiger partial charge in [0.1, 0.15) is 5.69 Å². The van der Waals surface area contributed by atoms with Crippen LogP contribution in [-0.4, -0.2) is 22.7 Å². The first-order chi connectivity index (χ1) is 7.22. The average Bonchev–Trinajstić information content (AvgIpc) is 2.56. The summed E-state index contributed by atoms with van der Waals surface area (Å²) >= 11 is 0. The zero-order chi connectivity index (χ0) is 10.8. The van der Waals surface area contributed by atoms with Crippen molar-refractivity contribution < 1.29 is 9.53 Å². The molecule has 0 amide bonds. The highest BCUT2D eigenvalue weighted by atomic mass is 16.5. The van der Waals surface area contributed by atoms with Crippen LogP contribution in [-0.2, 0) is 24.3 Å². The van der Waals surface area contributed by atoms with E-state index in [1.54, 1.807) is 0 Å². The monoisotopic (exact) mass is 208 g/mol. The van der Waals surface area contributed by atoms with E-state index in [4.69, 9.17) is 4.74 Å². The lowest BCUT2D eigenvalue weighted by Gasteiger charge is -2.15. The highest BCUT2D eigenvalue weighted by molar-refractivity contribution is 5.74. The molecule has 2 rings (SSSR count). The Morgan fingerprint density at radius 2 is 2.40 bits per heavy atom. The van der Waals surface area contributed by atoms with Gasteiger partial charge in [-0.1, -0.05) is 13.8 Å². The lowest BCUT2D eigenvalue weighted by atomic mass is 10.1. The van der Waals surface area contributed by atoms with Crippen molar-refractivity contribution >= 4 is 6.29 Å². The van der Waals surface area contributed by atoms with E-state index in [0.29, 0.717) is 24.8 Å². The molecular weight excluding hydrogens is 192 g/mol. The summed E-state index contributed by atoms with van der Waals surface area (Å²) in [4.78, 5) is 10.9. The number of aldehydes is 1. The molecule has 1 aliphatic rings. The Balaban J connectivity index is 2.37. The molecular formula is C11H16N2O2. The van der Waals surface area contributed by atoms with Crippen LogP contribution in [0, 0.1) is 5.92 Å². The molecule has 0 radical (unpaired) electrons. The van der Waals surface area contributed by atoms with Gasteiger partial charge in [0, 0.05) is 12.1 Å². The van der Waals surface area contributed by atoms with Gasteiger partial charge >= 0.3 is 0 Å². The molecule has 1 aromatic rings. The van der Waals surface area contributed by atoms with Crippen molar-refractivity contribution in [1.29, 1.82) is 0 Å². The second kappa shape index (κ2) is 4.14. The largest absolute Gasteiger partial charge is 0.375 e. The molecule has 1 aliphatic heterocycles. The van der Waals surface area contributed by atoms with Crippen LogP contribution in [0.2, 0.25) is 0 Å². The van der Waals surface area contributed by atoms with Crippen molar-refractivity contribution in [2.24, 2.45) is 5.92 Å². The summed E-state index contributed by atoms with van der Waals surface area (Å²) < 4.78 is 7.32. The molecule has 0 unspecified atom stereocenters. The van der Waals surface area contributed by atoms with Gasteiger partial charge in [-0.2, -0.15) is 5.10 Å². The number of aromatic nitrogens is 2. The number of nitrogens with zero attached hydrogens (tertiary/aromatic N) is 2. The number of hydrogen-bond acceptors (Lipinski definition) is 3. The van der Waals surface area contributed by atoms with E-state index in [2.05, 4.69) is 18.9 Å². The van der Waals surface area contributed by atoms with Gasteiger partial charge in [-0.25, -0.2) is 0 Å². The Labute approximate surface area is 89.2 Å². The Kier molecular flexibility index (Phi) is 2.86. The second-order valence-corrected chi connectivity index (χ2v) is 4.31. The Bertz CT molecular complexity index is 369. The normalized spacial score (nSPS) is 15.4. The summed E-state index contributed by atoms with van der Waals surface area (Å²) in [6.45, 7) is 6.40. The predicted octanol–water partition coefficient (Wildman–Crippen LogP) is 1.42. The van der Waals surface area contributed by atoms with Crippen LogP contribution >= 0.6 is 0 Å². The van der Waals surface area contributed by atoms with E-state index in [1.165, 1.54) is 0 Å². The van der Waals surface area contributed by atoms with Crippen molar-refractivity contribution in [3.63, 3.8) is 0 Å². The van der Waals surface area contributed by atoms with Crippen molar-refractivity contribution in [2.45, 2.75) is 33.4 Å². The zero-order valence-electron chi connectivity index (χ0n) is 9.19. The molecule has 0 fully saturated rings. The first-order valence-electron chi connectivity index (χ1n) is 5.34. The Hall–Kier alpha value is -1.16. The van der Waals surface area contributed by atoms with Crippen LogP contribution in [0.3, 0.4) is 0 Å². The number of hydrogen-bond donors (Lipinski definition) is 0. The minimum Gasteiger partial charge on any atom is -0.375 e. The van der Waals surface area contributed by atoms with Gasteiger partial charge in [0.2, 0.25) is 0 Å². The van der Waals surface area contributed by atoms with Crippen molar-refractivity contribution in [3.05, 3.63) is 17.0 Å². The fourth-order valence-corrected chi connectivity index (χ4v) is 1.92. The van der Waals surface area contributed by atoms with Crippen LogP contribution in [0.4, 0.5) is 0 Å². The number of rotatable bonds is 3. The fourth-order valence-electron chi connectivity index (χ4n) is 1.92. The van der Waals surface area contributed by atoms with Crippen LogP contribution in [0.5, 0.6) is 0 Å². The summed E-state index contributed by atoms with van der Waals surface area (Å²) in [6.07, 6.45) is 1.66. The maximum Gasteiger partial charge on any atom is 0.170 e. The lowest BCUT2D eigenvalue weighted by molar-refractivity contribution is 0.103. The van der Waals surface area contributed by atoms with E-state index in [0.717, 1.165) is 30.5 Å². The molecule has 0 saturated heterocycles. The third-order valence-electron chi connectivity index (χ3n) is 2.58. The number of carbonyl (C=O) groups is 1. The van der Waals surface area contributed by atoms with E-state index in [-0.39, 0.29) is 0 Å².